The van der Waals surface area contributed by atoms with Crippen molar-refractivity contribution < 1.29 is 9.47 Å². The molecule has 0 bridgehead atoms. The first-order valence-corrected chi connectivity index (χ1v) is 6.16. The van der Waals surface area contributed by atoms with Gasteiger partial charge >= 0.3 is 0 Å². The lowest BCUT2D eigenvalue weighted by atomic mass is 9.81. The van der Waals surface area contributed by atoms with E-state index in [2.05, 4.69) is 26.5 Å². The largest absolute Gasteiger partial charge is 0.346 e. The topological polar surface area (TPSA) is 18.5 Å². The minimum atomic E-state index is -0.509. The van der Waals surface area contributed by atoms with Gasteiger partial charge in [-0.1, -0.05) is 18.2 Å². The van der Waals surface area contributed by atoms with E-state index in [1.807, 2.05) is 13.8 Å². The SMILES string of the molecule is C=C(C)C1CC=C(C)C(OCC)(OCC)C1. The first-order valence-electron chi connectivity index (χ1n) is 6.16. The van der Waals surface area contributed by atoms with Gasteiger partial charge in [-0.05, 0) is 45.6 Å². The van der Waals surface area contributed by atoms with Crippen LogP contribution < -0.4 is 0 Å². The molecule has 0 aromatic carbocycles. The molecule has 1 aliphatic rings. The first-order chi connectivity index (χ1) is 7.55. The van der Waals surface area contributed by atoms with Crippen LogP contribution in [0.2, 0.25) is 0 Å². The molecule has 0 N–H and O–H groups in total. The van der Waals surface area contributed by atoms with Gasteiger partial charge in [0.25, 0.3) is 0 Å². The first kappa shape index (κ1) is 13.5. The van der Waals surface area contributed by atoms with E-state index in [0.29, 0.717) is 19.1 Å². The molecule has 0 fully saturated rings. The maximum atomic E-state index is 5.87. The summed E-state index contributed by atoms with van der Waals surface area (Å²) in [6.45, 7) is 13.6. The molecule has 1 atom stereocenters. The van der Waals surface area contributed by atoms with E-state index < -0.39 is 5.79 Å². The van der Waals surface area contributed by atoms with Crippen molar-refractivity contribution in [3.8, 4) is 0 Å². The molecule has 0 radical (unpaired) electrons. The van der Waals surface area contributed by atoms with Crippen molar-refractivity contribution in [3.05, 3.63) is 23.8 Å². The zero-order valence-electron chi connectivity index (χ0n) is 11.0. The normalized spacial score (nSPS) is 24.0. The van der Waals surface area contributed by atoms with Crippen LogP contribution in [0.25, 0.3) is 0 Å². The second-order valence-corrected chi connectivity index (χ2v) is 4.49. The van der Waals surface area contributed by atoms with Crippen LogP contribution in [0.4, 0.5) is 0 Å². The molecule has 0 spiro atoms. The van der Waals surface area contributed by atoms with Gasteiger partial charge in [0.05, 0.1) is 0 Å². The zero-order valence-corrected chi connectivity index (χ0v) is 11.0. The summed E-state index contributed by atoms with van der Waals surface area (Å²) in [4.78, 5) is 0. The lowest BCUT2D eigenvalue weighted by Crippen LogP contribution is -2.41. The van der Waals surface area contributed by atoms with Crippen molar-refractivity contribution in [2.75, 3.05) is 13.2 Å². The van der Waals surface area contributed by atoms with E-state index in [4.69, 9.17) is 9.47 Å². The summed E-state index contributed by atoms with van der Waals surface area (Å²) < 4.78 is 11.7. The quantitative estimate of drug-likeness (QED) is 0.524. The molecule has 0 amide bonds. The van der Waals surface area contributed by atoms with Crippen molar-refractivity contribution in [3.63, 3.8) is 0 Å². The highest BCUT2D eigenvalue weighted by atomic mass is 16.7. The summed E-state index contributed by atoms with van der Waals surface area (Å²) in [5.74, 6) is -0.0347. The maximum Gasteiger partial charge on any atom is 0.190 e. The Kier molecular flexibility index (Phi) is 4.75. The van der Waals surface area contributed by atoms with Gasteiger partial charge < -0.3 is 9.47 Å². The van der Waals surface area contributed by atoms with Gasteiger partial charge in [0, 0.05) is 19.6 Å². The molecule has 0 aromatic rings. The smallest absolute Gasteiger partial charge is 0.190 e. The summed E-state index contributed by atoms with van der Waals surface area (Å²) in [6.07, 6.45) is 4.18. The van der Waals surface area contributed by atoms with Gasteiger partial charge in [0.1, 0.15) is 0 Å². The number of ether oxygens (including phenoxy) is 2. The van der Waals surface area contributed by atoms with Crippen LogP contribution in [0.5, 0.6) is 0 Å². The molecule has 0 heterocycles. The van der Waals surface area contributed by atoms with E-state index in [0.717, 1.165) is 12.8 Å². The Hall–Kier alpha value is -0.600. The van der Waals surface area contributed by atoms with Crippen molar-refractivity contribution >= 4 is 0 Å². The summed E-state index contributed by atoms with van der Waals surface area (Å²) in [5, 5.41) is 0. The fourth-order valence-corrected chi connectivity index (χ4v) is 2.27. The molecule has 1 aliphatic carbocycles. The lowest BCUT2D eigenvalue weighted by molar-refractivity contribution is -0.218. The van der Waals surface area contributed by atoms with Crippen molar-refractivity contribution in [2.45, 2.75) is 46.3 Å². The fourth-order valence-electron chi connectivity index (χ4n) is 2.27. The summed E-state index contributed by atoms with van der Waals surface area (Å²) in [6, 6.07) is 0. The molecule has 2 heteroatoms. The van der Waals surface area contributed by atoms with Crippen molar-refractivity contribution in [2.24, 2.45) is 5.92 Å². The van der Waals surface area contributed by atoms with Crippen LogP contribution >= 0.6 is 0 Å². The fraction of sp³-hybridized carbons (Fsp3) is 0.714. The molecular formula is C14H24O2. The molecule has 0 aromatic heterocycles. The molecule has 1 rings (SSSR count). The van der Waals surface area contributed by atoms with Crippen LogP contribution in [0.15, 0.2) is 23.8 Å². The predicted molar refractivity (Wildman–Crippen MR) is 67.3 cm³/mol. The highest BCUT2D eigenvalue weighted by molar-refractivity contribution is 5.19. The second kappa shape index (κ2) is 5.65. The van der Waals surface area contributed by atoms with Crippen LogP contribution in [0.3, 0.4) is 0 Å². The Labute approximate surface area is 99.3 Å². The van der Waals surface area contributed by atoms with Crippen LogP contribution in [-0.4, -0.2) is 19.0 Å². The summed E-state index contributed by atoms with van der Waals surface area (Å²) in [5.41, 5.74) is 2.42. The van der Waals surface area contributed by atoms with Crippen LogP contribution in [0, 0.1) is 5.92 Å². The van der Waals surface area contributed by atoms with Gasteiger partial charge in [-0.2, -0.15) is 0 Å². The number of allylic oxidation sites excluding steroid dienone is 2. The lowest BCUT2D eigenvalue weighted by Gasteiger charge is -2.40. The molecule has 0 saturated heterocycles. The third-order valence-electron chi connectivity index (χ3n) is 3.28. The highest BCUT2D eigenvalue weighted by Crippen LogP contribution is 2.39. The molecule has 0 saturated carbocycles. The maximum absolute atomic E-state index is 5.87. The third-order valence-corrected chi connectivity index (χ3v) is 3.28. The number of hydrogen-bond donors (Lipinski definition) is 0. The van der Waals surface area contributed by atoms with Gasteiger partial charge in [-0.15, -0.1) is 0 Å². The van der Waals surface area contributed by atoms with Crippen LogP contribution in [-0.2, 0) is 9.47 Å². The Bertz CT molecular complexity index is 272. The monoisotopic (exact) mass is 224 g/mol. The minimum absolute atomic E-state index is 0.474. The van der Waals surface area contributed by atoms with Crippen molar-refractivity contribution in [1.82, 2.24) is 0 Å². The molecule has 2 nitrogen and oxygen atoms in total. The molecular weight excluding hydrogens is 200 g/mol. The van der Waals surface area contributed by atoms with Gasteiger partial charge in [-0.3, -0.25) is 0 Å². The molecule has 92 valence electrons. The Balaban J connectivity index is 2.91. The van der Waals surface area contributed by atoms with E-state index in [-0.39, 0.29) is 0 Å². The van der Waals surface area contributed by atoms with Gasteiger partial charge in [-0.25, -0.2) is 0 Å². The van der Waals surface area contributed by atoms with E-state index in [9.17, 15) is 0 Å². The number of rotatable bonds is 5. The van der Waals surface area contributed by atoms with Crippen LogP contribution in [0.1, 0.15) is 40.5 Å². The van der Waals surface area contributed by atoms with E-state index in [1.54, 1.807) is 0 Å². The molecule has 1 unspecified atom stereocenters. The average molecular weight is 224 g/mol. The molecule has 16 heavy (non-hydrogen) atoms. The zero-order chi connectivity index (χ0) is 12.2. The average Bonchev–Trinajstić information content (AvgIpc) is 2.22. The second-order valence-electron chi connectivity index (χ2n) is 4.49. The Morgan fingerprint density at radius 1 is 1.44 bits per heavy atom. The highest BCUT2D eigenvalue weighted by Gasteiger charge is 2.39. The van der Waals surface area contributed by atoms with E-state index >= 15 is 0 Å². The standard InChI is InChI=1S/C14H24O2/c1-6-15-14(16-7-2)10-13(11(3)4)9-8-12(14)5/h8,13H,3,6-7,9-10H2,1-2,4-5H3. The summed E-state index contributed by atoms with van der Waals surface area (Å²) in [7, 11) is 0. The molecule has 0 aliphatic heterocycles. The number of hydrogen-bond acceptors (Lipinski definition) is 2. The van der Waals surface area contributed by atoms with E-state index in [1.165, 1.54) is 11.1 Å². The third kappa shape index (κ3) is 2.74. The Morgan fingerprint density at radius 3 is 2.44 bits per heavy atom. The van der Waals surface area contributed by atoms with Gasteiger partial charge in [0.2, 0.25) is 0 Å². The van der Waals surface area contributed by atoms with Gasteiger partial charge in [0.15, 0.2) is 5.79 Å². The Morgan fingerprint density at radius 2 is 2.00 bits per heavy atom. The van der Waals surface area contributed by atoms with Crippen molar-refractivity contribution in [1.29, 1.82) is 0 Å². The predicted octanol–water partition coefficient (Wildman–Crippen LogP) is 3.69. The summed E-state index contributed by atoms with van der Waals surface area (Å²) >= 11 is 0. The minimum Gasteiger partial charge on any atom is -0.346 e.